The van der Waals surface area contributed by atoms with Crippen molar-refractivity contribution in [1.29, 1.82) is 0 Å². The number of hydrogen-bond acceptors (Lipinski definition) is 1. The molecule has 4 heteroatoms. The summed E-state index contributed by atoms with van der Waals surface area (Å²) in [5.41, 5.74) is 2.51. The molecule has 1 aliphatic heterocycles. The summed E-state index contributed by atoms with van der Waals surface area (Å²) >= 11 is 6.34. The minimum Gasteiger partial charge on any atom is -0.465 e. The molecule has 1 N–H and O–H groups in total. The molecule has 3 rings (SSSR count). The predicted molar refractivity (Wildman–Crippen MR) is 74.9 cm³/mol. The summed E-state index contributed by atoms with van der Waals surface area (Å²) in [6.07, 6.45) is 0.185. The molecule has 2 aliphatic rings. The molecule has 1 amide bonds. The van der Waals surface area contributed by atoms with Gasteiger partial charge < -0.3 is 10.0 Å². The van der Waals surface area contributed by atoms with E-state index in [0.29, 0.717) is 19.0 Å². The summed E-state index contributed by atoms with van der Waals surface area (Å²) in [6, 6.07) is 6.03. The van der Waals surface area contributed by atoms with Crippen LogP contribution in [0.3, 0.4) is 0 Å². The van der Waals surface area contributed by atoms with Crippen molar-refractivity contribution in [1.82, 2.24) is 4.90 Å². The van der Waals surface area contributed by atoms with Gasteiger partial charge in [0.05, 0.1) is 0 Å². The predicted octanol–water partition coefficient (Wildman–Crippen LogP) is 3.93. The third-order valence-corrected chi connectivity index (χ3v) is 5.12. The minimum atomic E-state index is -0.813. The van der Waals surface area contributed by atoms with Crippen LogP contribution in [0.4, 0.5) is 4.79 Å². The Kier molecular flexibility index (Phi) is 2.79. The molecular weight excluding hydrogens is 262 g/mol. The quantitative estimate of drug-likeness (QED) is 0.782. The highest BCUT2D eigenvalue weighted by atomic mass is 35.5. The highest BCUT2D eigenvalue weighted by Crippen LogP contribution is 2.55. The summed E-state index contributed by atoms with van der Waals surface area (Å²) < 4.78 is 0. The molecule has 1 heterocycles. The van der Waals surface area contributed by atoms with Crippen molar-refractivity contribution in [3.8, 4) is 0 Å². The molecule has 1 aliphatic carbocycles. The van der Waals surface area contributed by atoms with Crippen LogP contribution in [0.2, 0.25) is 5.02 Å². The summed E-state index contributed by atoms with van der Waals surface area (Å²) in [5, 5.41) is 10.1. The van der Waals surface area contributed by atoms with E-state index in [4.69, 9.17) is 11.6 Å². The lowest BCUT2D eigenvalue weighted by Crippen LogP contribution is -2.33. The van der Waals surface area contributed by atoms with Crippen molar-refractivity contribution in [3.63, 3.8) is 0 Å². The molecule has 19 heavy (non-hydrogen) atoms. The van der Waals surface area contributed by atoms with E-state index in [0.717, 1.165) is 11.4 Å². The fraction of sp³-hybridized carbons (Fsp3) is 0.533. The SMILES string of the molecule is CC1CC2(C)CN(C(=O)O)CC2c2cccc(Cl)c21. The Hall–Kier alpha value is -1.22. The molecule has 1 aromatic rings. The van der Waals surface area contributed by atoms with Gasteiger partial charge in [-0.3, -0.25) is 0 Å². The Morgan fingerprint density at radius 1 is 1.53 bits per heavy atom. The van der Waals surface area contributed by atoms with E-state index in [-0.39, 0.29) is 11.3 Å². The Balaban J connectivity index is 2.09. The van der Waals surface area contributed by atoms with Gasteiger partial charge in [0.15, 0.2) is 0 Å². The van der Waals surface area contributed by atoms with E-state index in [1.54, 1.807) is 4.90 Å². The minimum absolute atomic E-state index is 0.0372. The number of fused-ring (bicyclic) bond motifs is 3. The maximum absolute atomic E-state index is 11.2. The topological polar surface area (TPSA) is 40.5 Å². The van der Waals surface area contributed by atoms with Gasteiger partial charge in [-0.15, -0.1) is 0 Å². The molecule has 0 aromatic heterocycles. The van der Waals surface area contributed by atoms with Gasteiger partial charge in [0.2, 0.25) is 0 Å². The zero-order valence-electron chi connectivity index (χ0n) is 11.2. The molecule has 102 valence electrons. The van der Waals surface area contributed by atoms with Crippen LogP contribution >= 0.6 is 11.6 Å². The van der Waals surface area contributed by atoms with Gasteiger partial charge in [0.1, 0.15) is 0 Å². The zero-order valence-corrected chi connectivity index (χ0v) is 11.9. The first kappa shape index (κ1) is 12.8. The first-order valence-corrected chi connectivity index (χ1v) is 7.06. The van der Waals surface area contributed by atoms with Crippen molar-refractivity contribution in [3.05, 3.63) is 34.3 Å². The molecule has 0 radical (unpaired) electrons. The Morgan fingerprint density at radius 2 is 2.26 bits per heavy atom. The number of carboxylic acid groups (broad SMARTS) is 1. The van der Waals surface area contributed by atoms with Crippen LogP contribution < -0.4 is 0 Å². The van der Waals surface area contributed by atoms with E-state index in [2.05, 4.69) is 19.9 Å². The third-order valence-electron chi connectivity index (χ3n) is 4.79. The van der Waals surface area contributed by atoms with Crippen molar-refractivity contribution in [2.24, 2.45) is 5.41 Å². The number of likely N-dealkylation sites (tertiary alicyclic amines) is 1. The Labute approximate surface area is 118 Å². The monoisotopic (exact) mass is 279 g/mol. The first-order chi connectivity index (χ1) is 8.92. The number of hydrogen-bond donors (Lipinski definition) is 1. The molecule has 1 aromatic carbocycles. The van der Waals surface area contributed by atoms with E-state index in [1.165, 1.54) is 11.1 Å². The van der Waals surface area contributed by atoms with Crippen LogP contribution in [0.15, 0.2) is 18.2 Å². The highest BCUT2D eigenvalue weighted by Gasteiger charge is 2.49. The normalized spacial score (nSPS) is 32.9. The van der Waals surface area contributed by atoms with Gasteiger partial charge in [-0.25, -0.2) is 4.79 Å². The fourth-order valence-corrected chi connectivity index (χ4v) is 4.42. The summed E-state index contributed by atoms with van der Waals surface area (Å²) in [4.78, 5) is 12.8. The molecule has 1 fully saturated rings. The molecular formula is C15H18ClNO2. The van der Waals surface area contributed by atoms with E-state index < -0.39 is 6.09 Å². The smallest absolute Gasteiger partial charge is 0.407 e. The lowest BCUT2D eigenvalue weighted by atomic mass is 9.63. The largest absolute Gasteiger partial charge is 0.465 e. The number of carbonyl (C=O) groups is 1. The Bertz CT molecular complexity index is 545. The van der Waals surface area contributed by atoms with Crippen LogP contribution in [-0.2, 0) is 0 Å². The number of nitrogens with zero attached hydrogens (tertiary/aromatic N) is 1. The second-order valence-electron chi connectivity index (χ2n) is 6.22. The summed E-state index contributed by atoms with van der Waals surface area (Å²) in [5.74, 6) is 0.659. The summed E-state index contributed by atoms with van der Waals surface area (Å²) in [7, 11) is 0. The summed E-state index contributed by atoms with van der Waals surface area (Å²) in [6.45, 7) is 5.62. The standard InChI is InChI=1S/C15H18ClNO2/c1-9-6-15(2)8-17(14(18)19)7-11(15)10-4-3-5-12(16)13(9)10/h3-5,9,11H,6-8H2,1-2H3,(H,18,19). The van der Waals surface area contributed by atoms with Gasteiger partial charge in [0, 0.05) is 24.0 Å². The van der Waals surface area contributed by atoms with Crippen molar-refractivity contribution >= 4 is 17.7 Å². The molecule has 0 saturated carbocycles. The lowest BCUT2D eigenvalue weighted by molar-refractivity contribution is 0.148. The Morgan fingerprint density at radius 3 is 2.95 bits per heavy atom. The maximum atomic E-state index is 11.2. The van der Waals surface area contributed by atoms with Gasteiger partial charge in [-0.2, -0.15) is 0 Å². The third kappa shape index (κ3) is 1.83. The first-order valence-electron chi connectivity index (χ1n) is 6.68. The van der Waals surface area contributed by atoms with Gasteiger partial charge in [-0.1, -0.05) is 37.6 Å². The number of halogens is 1. The van der Waals surface area contributed by atoms with Crippen LogP contribution in [0, 0.1) is 5.41 Å². The van der Waals surface area contributed by atoms with Crippen LogP contribution in [0.5, 0.6) is 0 Å². The molecule has 3 nitrogen and oxygen atoms in total. The average Bonchev–Trinajstić information content (AvgIpc) is 2.66. The number of benzene rings is 1. The maximum Gasteiger partial charge on any atom is 0.407 e. The van der Waals surface area contributed by atoms with E-state index in [1.807, 2.05) is 12.1 Å². The van der Waals surface area contributed by atoms with Crippen molar-refractivity contribution in [2.45, 2.75) is 32.1 Å². The van der Waals surface area contributed by atoms with Gasteiger partial charge >= 0.3 is 6.09 Å². The zero-order chi connectivity index (χ0) is 13.8. The lowest BCUT2D eigenvalue weighted by Gasteiger charge is -2.40. The van der Waals surface area contributed by atoms with Crippen LogP contribution in [0.25, 0.3) is 0 Å². The highest BCUT2D eigenvalue weighted by molar-refractivity contribution is 6.31. The van der Waals surface area contributed by atoms with E-state index in [9.17, 15) is 9.90 Å². The average molecular weight is 280 g/mol. The van der Waals surface area contributed by atoms with Crippen LogP contribution in [-0.4, -0.2) is 29.2 Å². The van der Waals surface area contributed by atoms with Gasteiger partial charge in [-0.05, 0) is 34.9 Å². The van der Waals surface area contributed by atoms with Gasteiger partial charge in [0.25, 0.3) is 0 Å². The molecule has 0 bridgehead atoms. The van der Waals surface area contributed by atoms with Crippen LogP contribution in [0.1, 0.15) is 43.2 Å². The number of amides is 1. The van der Waals surface area contributed by atoms with Crippen molar-refractivity contribution in [2.75, 3.05) is 13.1 Å². The second kappa shape index (κ2) is 4.14. The second-order valence-corrected chi connectivity index (χ2v) is 6.62. The fourth-order valence-electron chi connectivity index (χ4n) is 4.06. The molecule has 3 atom stereocenters. The molecule has 0 spiro atoms. The van der Waals surface area contributed by atoms with Crippen molar-refractivity contribution < 1.29 is 9.90 Å². The molecule has 1 saturated heterocycles. The molecule has 3 unspecified atom stereocenters. The van der Waals surface area contributed by atoms with E-state index >= 15 is 0 Å². The number of rotatable bonds is 0.